The molecule has 2 aliphatic heterocycles. The number of likely N-dealkylation sites (tertiary alicyclic amines) is 1. The van der Waals surface area contributed by atoms with Gasteiger partial charge in [-0.25, -0.2) is 0 Å². The van der Waals surface area contributed by atoms with E-state index in [1.54, 1.807) is 10.5 Å². The number of thioether (sulfide) groups is 2. The Kier molecular flexibility index (Phi) is 9.25. The summed E-state index contributed by atoms with van der Waals surface area (Å²) >= 11 is 4.29. The molecule has 8 rings (SSSR count). The van der Waals surface area contributed by atoms with Crippen LogP contribution in [0, 0.1) is 70.0 Å². The molecule has 6 heteroatoms. The van der Waals surface area contributed by atoms with Gasteiger partial charge in [-0.2, -0.15) is 22.3 Å². The zero-order valence-corrected chi connectivity index (χ0v) is 28.8. The van der Waals surface area contributed by atoms with E-state index >= 15 is 0 Å². The molecule has 3 saturated carbocycles. The highest BCUT2D eigenvalue weighted by Gasteiger charge is 2.56. The molecule has 0 radical (unpaired) electrons. The Bertz CT molecular complexity index is 1280. The first-order valence-electron chi connectivity index (χ1n) is 18.8. The smallest absolute Gasteiger partial charge is 0.0659 e. The number of hydrogen-bond acceptors (Lipinski definition) is 6. The molecule has 242 valence electrons. The molecule has 2 N–H and O–H groups in total. The topological polar surface area (TPSA) is 76.8 Å². The molecular formula is C39H54N4S2. The standard InChI is InChI=1S/C39H54N4S2/c40-22-24-5-4-6-26(17-24)27-10-15-35-33(19-27)34-20-28(39(42)44-30-7-2-1-3-8-30)11-16-36(34)43(35)29-12-14-32-31-13-9-25(23-41)18-37(31)45-38(32)21-29/h6-7,12,14,24-25,27-29,31-39H,1-5,8-11,13,15-21,42H2. The summed E-state index contributed by atoms with van der Waals surface area (Å²) < 4.78 is 0. The highest BCUT2D eigenvalue weighted by molar-refractivity contribution is 8.03. The number of nitriles is 2. The molecule has 8 aliphatic rings. The Morgan fingerprint density at radius 1 is 0.800 bits per heavy atom. The molecule has 6 aliphatic carbocycles. The van der Waals surface area contributed by atoms with Gasteiger partial charge in [0.15, 0.2) is 0 Å². The van der Waals surface area contributed by atoms with E-state index in [2.05, 4.69) is 53.1 Å². The van der Waals surface area contributed by atoms with Crippen molar-refractivity contribution in [3.63, 3.8) is 0 Å². The maximum absolute atomic E-state index is 9.72. The lowest BCUT2D eigenvalue weighted by atomic mass is 9.66. The van der Waals surface area contributed by atoms with Crippen LogP contribution < -0.4 is 5.73 Å². The number of hydrogen-bond donors (Lipinski definition) is 1. The molecule has 45 heavy (non-hydrogen) atoms. The molecule has 14 unspecified atom stereocenters. The first kappa shape index (κ1) is 31.1. The van der Waals surface area contributed by atoms with Gasteiger partial charge in [-0.3, -0.25) is 4.90 Å². The molecule has 0 aromatic rings. The monoisotopic (exact) mass is 642 g/mol. The molecule has 0 aromatic carbocycles. The molecule has 4 nitrogen and oxygen atoms in total. The van der Waals surface area contributed by atoms with Gasteiger partial charge in [0, 0.05) is 34.5 Å². The minimum Gasteiger partial charge on any atom is -0.319 e. The van der Waals surface area contributed by atoms with Crippen molar-refractivity contribution in [1.29, 1.82) is 10.5 Å². The van der Waals surface area contributed by atoms with Gasteiger partial charge in [-0.1, -0.05) is 29.9 Å². The number of fused-ring (bicyclic) bond motifs is 6. The molecule has 14 atom stereocenters. The van der Waals surface area contributed by atoms with Gasteiger partial charge in [-0.15, -0.1) is 11.8 Å². The van der Waals surface area contributed by atoms with E-state index in [1.165, 1.54) is 77.0 Å². The van der Waals surface area contributed by atoms with Crippen molar-refractivity contribution in [2.24, 2.45) is 53.1 Å². The SMILES string of the molecule is N#CC1CCC=C(C2CCC3C(C2)C2CC(C(N)SC4=CCCCC4)CCC2N3C2C=CC3C(C2)SC2CC(C#N)CCC23)C1. The Morgan fingerprint density at radius 3 is 2.47 bits per heavy atom. The Balaban J connectivity index is 1.02. The van der Waals surface area contributed by atoms with E-state index < -0.39 is 0 Å². The van der Waals surface area contributed by atoms with E-state index in [0.29, 0.717) is 35.2 Å². The predicted octanol–water partition coefficient (Wildman–Crippen LogP) is 8.97. The number of rotatable bonds is 5. The van der Waals surface area contributed by atoms with E-state index in [-0.39, 0.29) is 17.2 Å². The first-order valence-corrected chi connectivity index (χ1v) is 20.6. The van der Waals surface area contributed by atoms with Gasteiger partial charge in [0.2, 0.25) is 0 Å². The number of nitrogens with zero attached hydrogens (tertiary/aromatic N) is 3. The largest absolute Gasteiger partial charge is 0.319 e. The van der Waals surface area contributed by atoms with Crippen molar-refractivity contribution >= 4 is 23.5 Å². The average molecular weight is 643 g/mol. The molecule has 0 bridgehead atoms. The third-order valence-electron chi connectivity index (χ3n) is 13.9. The van der Waals surface area contributed by atoms with Gasteiger partial charge in [-0.05, 0) is 150 Å². The Morgan fingerprint density at radius 2 is 1.64 bits per heavy atom. The van der Waals surface area contributed by atoms with Crippen LogP contribution in [0.3, 0.4) is 0 Å². The van der Waals surface area contributed by atoms with Gasteiger partial charge < -0.3 is 5.73 Å². The Hall–Kier alpha value is -1.18. The predicted molar refractivity (Wildman–Crippen MR) is 187 cm³/mol. The summed E-state index contributed by atoms with van der Waals surface area (Å²) in [7, 11) is 0. The van der Waals surface area contributed by atoms with Gasteiger partial charge in [0.05, 0.1) is 23.4 Å². The van der Waals surface area contributed by atoms with Crippen LogP contribution in [0.4, 0.5) is 0 Å². The maximum atomic E-state index is 9.72. The fraction of sp³-hybridized carbons (Fsp3) is 0.795. The van der Waals surface area contributed by atoms with Crippen LogP contribution in [0.1, 0.15) is 109 Å². The van der Waals surface area contributed by atoms with Crippen LogP contribution in [0.25, 0.3) is 0 Å². The second-order valence-electron chi connectivity index (χ2n) is 16.2. The lowest BCUT2D eigenvalue weighted by Gasteiger charge is -2.44. The maximum Gasteiger partial charge on any atom is 0.0659 e. The van der Waals surface area contributed by atoms with Crippen LogP contribution in [-0.2, 0) is 0 Å². The van der Waals surface area contributed by atoms with Crippen molar-refractivity contribution < 1.29 is 0 Å². The lowest BCUT2D eigenvalue weighted by Crippen LogP contribution is -2.49. The minimum atomic E-state index is 0.232. The molecule has 2 saturated heterocycles. The highest BCUT2D eigenvalue weighted by atomic mass is 32.2. The third-order valence-corrected chi connectivity index (χ3v) is 17.0. The number of allylic oxidation sites excluding steroid dienone is 5. The molecule has 5 fully saturated rings. The summed E-state index contributed by atoms with van der Waals surface area (Å²) in [6.07, 6.45) is 31.4. The van der Waals surface area contributed by atoms with E-state index in [0.717, 1.165) is 61.0 Å². The second-order valence-corrected chi connectivity index (χ2v) is 18.9. The summed E-state index contributed by atoms with van der Waals surface area (Å²) in [4.78, 5) is 4.67. The second kappa shape index (κ2) is 13.4. The normalized spacial score (nSPS) is 46.8. The zero-order chi connectivity index (χ0) is 30.5. The number of nitrogens with two attached hydrogens (primary N) is 1. The first-order chi connectivity index (χ1) is 22.1. The van der Waals surface area contributed by atoms with Gasteiger partial charge in [0.25, 0.3) is 0 Å². The van der Waals surface area contributed by atoms with Crippen LogP contribution in [0.5, 0.6) is 0 Å². The zero-order valence-electron chi connectivity index (χ0n) is 27.1. The van der Waals surface area contributed by atoms with Crippen molar-refractivity contribution in [3.05, 3.63) is 34.8 Å². The minimum absolute atomic E-state index is 0.232. The summed E-state index contributed by atoms with van der Waals surface area (Å²) in [6.45, 7) is 0. The third kappa shape index (κ3) is 6.03. The molecule has 0 amide bonds. The van der Waals surface area contributed by atoms with Crippen LogP contribution >= 0.6 is 23.5 Å². The van der Waals surface area contributed by atoms with Crippen molar-refractivity contribution in [2.45, 2.75) is 143 Å². The van der Waals surface area contributed by atoms with E-state index in [1.807, 2.05) is 11.8 Å². The summed E-state index contributed by atoms with van der Waals surface area (Å²) in [5, 5.41) is 21.0. The summed E-state index contributed by atoms with van der Waals surface area (Å²) in [5.41, 5.74) is 8.68. The fourth-order valence-corrected chi connectivity index (χ4v) is 15.1. The van der Waals surface area contributed by atoms with E-state index in [4.69, 9.17) is 5.73 Å². The van der Waals surface area contributed by atoms with Crippen LogP contribution in [-0.4, -0.2) is 38.9 Å². The van der Waals surface area contributed by atoms with Crippen LogP contribution in [0.2, 0.25) is 0 Å². The van der Waals surface area contributed by atoms with Crippen molar-refractivity contribution in [3.8, 4) is 12.1 Å². The van der Waals surface area contributed by atoms with E-state index in [9.17, 15) is 10.5 Å². The van der Waals surface area contributed by atoms with Gasteiger partial charge in [0.1, 0.15) is 0 Å². The van der Waals surface area contributed by atoms with Crippen molar-refractivity contribution in [1.82, 2.24) is 4.90 Å². The molecular weight excluding hydrogens is 589 g/mol. The molecule has 0 spiro atoms. The van der Waals surface area contributed by atoms with Crippen molar-refractivity contribution in [2.75, 3.05) is 0 Å². The van der Waals surface area contributed by atoms with Gasteiger partial charge >= 0.3 is 0 Å². The fourth-order valence-electron chi connectivity index (χ4n) is 11.7. The summed E-state index contributed by atoms with van der Waals surface area (Å²) in [5.74, 6) is 4.89. The highest BCUT2D eigenvalue weighted by Crippen LogP contribution is 2.58. The summed E-state index contributed by atoms with van der Waals surface area (Å²) in [6, 6.07) is 7.21. The van der Waals surface area contributed by atoms with Crippen LogP contribution in [0.15, 0.2) is 34.8 Å². The lowest BCUT2D eigenvalue weighted by molar-refractivity contribution is 0.0851. The average Bonchev–Trinajstić information content (AvgIpc) is 3.62. The Labute approximate surface area is 281 Å². The quantitative estimate of drug-likeness (QED) is 0.238. The molecule has 2 heterocycles. The molecule has 0 aromatic heterocycles.